The summed E-state index contributed by atoms with van der Waals surface area (Å²) < 4.78 is 33.2. The molecule has 2 N–H and O–H groups in total. The molecule has 9 nitrogen and oxygen atoms in total. The fourth-order valence-electron chi connectivity index (χ4n) is 5.01. The second-order valence-electron chi connectivity index (χ2n) is 8.38. The molecule has 1 aromatic carbocycles. The molecule has 0 radical (unpaired) electrons. The van der Waals surface area contributed by atoms with E-state index in [0.717, 1.165) is 5.56 Å². The number of aromatic nitrogens is 3. The van der Waals surface area contributed by atoms with Gasteiger partial charge in [-0.1, -0.05) is 18.2 Å². The molecule has 2 aromatic heterocycles. The minimum atomic E-state index is -3.01. The van der Waals surface area contributed by atoms with E-state index in [2.05, 4.69) is 9.97 Å². The summed E-state index contributed by atoms with van der Waals surface area (Å²) >= 11 is 0. The zero-order valence-corrected chi connectivity index (χ0v) is 18.5. The molecule has 0 spiro atoms. The quantitative estimate of drug-likeness (QED) is 0.547. The fraction of sp³-hybridized carbons (Fsp3) is 0.409. The average Bonchev–Trinajstić information content (AvgIpc) is 3.26. The van der Waals surface area contributed by atoms with E-state index in [1.807, 2.05) is 12.3 Å². The highest BCUT2D eigenvalue weighted by Gasteiger charge is 2.50. The van der Waals surface area contributed by atoms with Crippen molar-refractivity contribution in [3.05, 3.63) is 54.0 Å². The van der Waals surface area contributed by atoms with Crippen LogP contribution in [0.4, 0.5) is 10.2 Å². The first-order valence-electron chi connectivity index (χ1n) is 10.8. The van der Waals surface area contributed by atoms with Crippen molar-refractivity contribution in [2.75, 3.05) is 18.1 Å². The minimum Gasteiger partial charge on any atom is -0.396 e. The molecule has 0 saturated heterocycles. The van der Waals surface area contributed by atoms with Crippen molar-refractivity contribution in [3.8, 4) is 0 Å². The average molecular weight is 473 g/mol. The highest BCUT2D eigenvalue weighted by atomic mass is 31.1. The number of hydrogen-bond donors (Lipinski definition) is 2. The van der Waals surface area contributed by atoms with Crippen molar-refractivity contribution in [1.29, 1.82) is 0 Å². The van der Waals surface area contributed by atoms with Crippen LogP contribution in [0, 0.1) is 5.92 Å². The predicted octanol–water partition coefficient (Wildman–Crippen LogP) is 2.95. The molecule has 172 valence electrons. The number of hydrogen-bond acceptors (Lipinski definition) is 6. The molecule has 33 heavy (non-hydrogen) atoms. The topological polar surface area (TPSA) is 118 Å². The Morgan fingerprint density at radius 2 is 2.06 bits per heavy atom. The Morgan fingerprint density at radius 1 is 1.27 bits per heavy atom. The van der Waals surface area contributed by atoms with Crippen LogP contribution >= 0.6 is 8.25 Å². The Balaban J connectivity index is 1.57. The van der Waals surface area contributed by atoms with Crippen LogP contribution in [0.2, 0.25) is 0 Å². The van der Waals surface area contributed by atoms with Crippen LogP contribution in [-0.4, -0.2) is 55.9 Å². The molecule has 1 unspecified atom stereocenters. The number of aryl methyl sites for hydroxylation is 1. The lowest BCUT2D eigenvalue weighted by Gasteiger charge is -2.22. The Kier molecular flexibility index (Phi) is 5.92. The SMILES string of the molecule is O=C(c1ccccc1)N1CCCc2cn([C@@H]3C[C@H](CO)[C@@H](O[P+](=O)O)[C@H]3F)c3ncnc1c23. The van der Waals surface area contributed by atoms with Crippen molar-refractivity contribution >= 4 is 31.0 Å². The minimum absolute atomic E-state index is 0.166. The van der Waals surface area contributed by atoms with Crippen LogP contribution < -0.4 is 4.90 Å². The lowest BCUT2D eigenvalue weighted by atomic mass is 10.1. The maximum absolute atomic E-state index is 15.4. The Morgan fingerprint density at radius 3 is 2.79 bits per heavy atom. The zero-order valence-electron chi connectivity index (χ0n) is 17.6. The normalized spacial score (nSPS) is 25.3. The third-order valence-corrected chi connectivity index (χ3v) is 6.94. The zero-order chi connectivity index (χ0) is 23.1. The molecule has 3 aromatic rings. The first kappa shape index (κ1) is 22.0. The van der Waals surface area contributed by atoms with E-state index < -0.39 is 32.5 Å². The number of anilines is 1. The highest BCUT2D eigenvalue weighted by molar-refractivity contribution is 7.32. The van der Waals surface area contributed by atoms with Gasteiger partial charge >= 0.3 is 8.25 Å². The van der Waals surface area contributed by atoms with Crippen LogP contribution in [-0.2, 0) is 15.5 Å². The number of carbonyl (C=O) groups excluding carboxylic acids is 1. The molecule has 1 amide bonds. The smallest absolute Gasteiger partial charge is 0.396 e. The third kappa shape index (κ3) is 3.83. The van der Waals surface area contributed by atoms with Crippen LogP contribution in [0.15, 0.2) is 42.9 Å². The van der Waals surface area contributed by atoms with Gasteiger partial charge in [-0.05, 0) is 37.0 Å². The number of halogens is 1. The lowest BCUT2D eigenvalue weighted by molar-refractivity contribution is 0.0568. The third-order valence-electron chi connectivity index (χ3n) is 6.51. The number of alkyl halides is 1. The summed E-state index contributed by atoms with van der Waals surface area (Å²) in [5.74, 6) is -0.304. The van der Waals surface area contributed by atoms with E-state index in [1.165, 1.54) is 6.33 Å². The molecule has 11 heteroatoms. The number of nitrogens with zero attached hydrogens (tertiary/aromatic N) is 4. The van der Waals surface area contributed by atoms with Gasteiger partial charge in [0, 0.05) is 35.4 Å². The van der Waals surface area contributed by atoms with Gasteiger partial charge in [-0.3, -0.25) is 9.69 Å². The molecule has 5 rings (SSSR count). The van der Waals surface area contributed by atoms with E-state index in [0.29, 0.717) is 41.8 Å². The van der Waals surface area contributed by atoms with E-state index in [4.69, 9.17) is 9.42 Å². The van der Waals surface area contributed by atoms with Gasteiger partial charge < -0.3 is 9.67 Å². The van der Waals surface area contributed by atoms with Gasteiger partial charge in [0.05, 0.1) is 11.4 Å². The maximum atomic E-state index is 15.4. The lowest BCUT2D eigenvalue weighted by Crippen LogP contribution is -2.32. The van der Waals surface area contributed by atoms with Gasteiger partial charge in [0.25, 0.3) is 5.91 Å². The van der Waals surface area contributed by atoms with Crippen molar-refractivity contribution < 1.29 is 28.3 Å². The fourth-order valence-corrected chi connectivity index (χ4v) is 5.50. The van der Waals surface area contributed by atoms with E-state index in [1.54, 1.807) is 33.7 Å². The van der Waals surface area contributed by atoms with Crippen LogP contribution in [0.5, 0.6) is 0 Å². The number of aliphatic hydroxyl groups excluding tert-OH is 1. The van der Waals surface area contributed by atoms with Crippen LogP contribution in [0.1, 0.15) is 34.8 Å². The van der Waals surface area contributed by atoms with Crippen LogP contribution in [0.3, 0.4) is 0 Å². The Labute approximate surface area is 189 Å². The Bertz CT molecular complexity index is 1210. The second kappa shape index (κ2) is 8.87. The molecule has 0 bridgehead atoms. The monoisotopic (exact) mass is 473 g/mol. The van der Waals surface area contributed by atoms with Gasteiger partial charge in [-0.25, -0.2) is 14.4 Å². The summed E-state index contributed by atoms with van der Waals surface area (Å²) in [7, 11) is -3.01. The van der Waals surface area contributed by atoms with Crippen molar-refractivity contribution in [2.24, 2.45) is 5.92 Å². The number of carbonyl (C=O) groups is 1. The summed E-state index contributed by atoms with van der Waals surface area (Å²) in [5.41, 5.74) is 1.95. The summed E-state index contributed by atoms with van der Waals surface area (Å²) in [6.45, 7) is 0.131. The Hall–Kier alpha value is -2.78. The predicted molar refractivity (Wildman–Crippen MR) is 118 cm³/mol. The second-order valence-corrected chi connectivity index (χ2v) is 9.07. The van der Waals surface area contributed by atoms with Gasteiger partial charge in [0.15, 0.2) is 12.3 Å². The summed E-state index contributed by atoms with van der Waals surface area (Å²) in [6.07, 6.45) is 1.97. The molecule has 1 aliphatic heterocycles. The summed E-state index contributed by atoms with van der Waals surface area (Å²) in [6, 6.07) is 8.23. The van der Waals surface area contributed by atoms with Crippen molar-refractivity contribution in [3.63, 3.8) is 0 Å². The van der Waals surface area contributed by atoms with E-state index in [9.17, 15) is 14.5 Å². The van der Waals surface area contributed by atoms with Crippen molar-refractivity contribution in [1.82, 2.24) is 14.5 Å². The number of rotatable bonds is 5. The van der Waals surface area contributed by atoms with Gasteiger partial charge in [0.1, 0.15) is 17.8 Å². The molecular weight excluding hydrogens is 450 g/mol. The molecule has 2 aliphatic rings. The molecule has 5 atom stereocenters. The van der Waals surface area contributed by atoms with Crippen molar-refractivity contribution in [2.45, 2.75) is 37.6 Å². The molecule has 1 fully saturated rings. The standard InChI is InChI=1S/C22H22FN4O5P/c23-18-16(9-15(11-28)19(18)32-33(30)31)27-10-14-7-4-8-26(20-17(14)21(27)25-12-24-20)22(29)13-5-2-1-3-6-13/h1-3,5-6,10,12,15-16,18-19,28H,4,7-9,11H2/p+1/t15-,16-,18+,19-/m1/s1. The first-order chi connectivity index (χ1) is 16.0. The first-order valence-corrected chi connectivity index (χ1v) is 11.9. The number of amides is 1. The number of benzene rings is 1. The molecule has 1 aliphatic carbocycles. The number of aliphatic hydroxyl groups is 1. The van der Waals surface area contributed by atoms with Gasteiger partial charge in [-0.2, -0.15) is 0 Å². The molecule has 1 saturated carbocycles. The van der Waals surface area contributed by atoms with Crippen LogP contribution in [0.25, 0.3) is 11.0 Å². The van der Waals surface area contributed by atoms with Gasteiger partial charge in [-0.15, -0.1) is 9.42 Å². The summed E-state index contributed by atoms with van der Waals surface area (Å²) in [4.78, 5) is 32.9. The maximum Gasteiger partial charge on any atom is 0.695 e. The highest BCUT2D eigenvalue weighted by Crippen LogP contribution is 2.45. The molecular formula is C22H23FN4O5P+. The molecule has 3 heterocycles. The van der Waals surface area contributed by atoms with E-state index in [-0.39, 0.29) is 18.9 Å². The van der Waals surface area contributed by atoms with Gasteiger partial charge in [0.2, 0.25) is 0 Å². The summed E-state index contributed by atoms with van der Waals surface area (Å²) in [5, 5.41) is 10.4. The van der Waals surface area contributed by atoms with E-state index >= 15 is 4.39 Å². The largest absolute Gasteiger partial charge is 0.695 e.